The Morgan fingerprint density at radius 1 is 1.03 bits per heavy atom. The molecule has 1 N–H and O–H groups in total. The Balaban J connectivity index is 1.75. The number of rotatable bonds is 3. The molecular weight excluding hydrogens is 462 g/mol. The fourth-order valence-electron chi connectivity index (χ4n) is 5.29. The van der Waals surface area contributed by atoms with Crippen molar-refractivity contribution in [3.05, 3.63) is 11.8 Å². The first-order chi connectivity index (χ1) is 15.2. The van der Waals surface area contributed by atoms with E-state index >= 15 is 0 Å². The molecule has 1 aromatic rings. The van der Waals surface area contributed by atoms with Gasteiger partial charge in [0.05, 0.1) is 6.04 Å². The summed E-state index contributed by atoms with van der Waals surface area (Å²) in [5, 5.41) is 16.7. The molecule has 2 amide bonds. The zero-order valence-electron chi connectivity index (χ0n) is 17.5. The Hall–Kier alpha value is -2.54. The number of hydrogen-bond acceptors (Lipinski definition) is 5. The lowest BCUT2D eigenvalue weighted by Gasteiger charge is -2.48. The highest BCUT2D eigenvalue weighted by Crippen LogP contribution is 2.56. The summed E-state index contributed by atoms with van der Waals surface area (Å²) in [4.78, 5) is 26.8. The van der Waals surface area contributed by atoms with Crippen LogP contribution in [0.3, 0.4) is 0 Å². The lowest BCUT2D eigenvalue weighted by molar-refractivity contribution is -0.298. The van der Waals surface area contributed by atoms with E-state index < -0.39 is 53.7 Å². The zero-order valence-corrected chi connectivity index (χ0v) is 17.5. The quantitative estimate of drug-likeness (QED) is 0.658. The third-order valence-electron chi connectivity index (χ3n) is 7.12. The minimum absolute atomic E-state index is 0.0527. The number of aryl methyl sites for hydroxylation is 1. The molecule has 1 aromatic heterocycles. The van der Waals surface area contributed by atoms with Crippen LogP contribution in [0.2, 0.25) is 0 Å². The van der Waals surface area contributed by atoms with Gasteiger partial charge in [-0.05, 0) is 38.5 Å². The minimum Gasteiger partial charge on any atom is -0.465 e. The van der Waals surface area contributed by atoms with Gasteiger partial charge in [-0.1, -0.05) is 0 Å². The van der Waals surface area contributed by atoms with Crippen LogP contribution >= 0.6 is 0 Å². The minimum atomic E-state index is -5.62. The number of hydrogen-bond donors (Lipinski definition) is 1. The Morgan fingerprint density at radius 2 is 1.61 bits per heavy atom. The maximum Gasteiger partial charge on any atom is 0.407 e. The van der Waals surface area contributed by atoms with Crippen molar-refractivity contribution >= 4 is 12.0 Å². The normalized spacial score (nSPS) is 24.5. The average Bonchev–Trinajstić information content (AvgIpc) is 3.28. The predicted octanol–water partition coefficient (Wildman–Crippen LogP) is 3.65. The molecule has 2 aliphatic heterocycles. The molecular formula is C19H22F6N4O4. The fraction of sp³-hybridized carbons (Fsp3) is 0.789. The largest absolute Gasteiger partial charge is 0.465 e. The monoisotopic (exact) mass is 484 g/mol. The Labute approximate surface area is 183 Å². The number of alkyl halides is 6. The van der Waals surface area contributed by atoms with E-state index in [0.29, 0.717) is 0 Å². The van der Waals surface area contributed by atoms with Crippen LogP contribution in [0.5, 0.6) is 0 Å². The molecule has 1 spiro atoms. The van der Waals surface area contributed by atoms with Crippen molar-refractivity contribution in [2.24, 2.45) is 5.92 Å². The molecule has 33 heavy (non-hydrogen) atoms. The van der Waals surface area contributed by atoms with Gasteiger partial charge in [0.2, 0.25) is 17.7 Å². The molecule has 184 valence electrons. The van der Waals surface area contributed by atoms with Gasteiger partial charge in [-0.3, -0.25) is 4.79 Å². The molecule has 0 bridgehead atoms. The maximum atomic E-state index is 13.7. The van der Waals surface area contributed by atoms with E-state index in [9.17, 15) is 41.0 Å². The number of aromatic nitrogens is 2. The van der Waals surface area contributed by atoms with Gasteiger partial charge in [-0.15, -0.1) is 10.2 Å². The second-order valence-corrected chi connectivity index (χ2v) is 9.04. The standard InChI is InChI=1S/C19H22F6N4O4/c1-10-26-27-13(33-10)17(4-5-17)14(30)29-11(12(18(20,21)22)19(23,24)25)2-3-16(29)6-8-28(9-7-16)15(31)32/h11-12H,2-9H2,1H3,(H,31,32). The number of amides is 2. The van der Waals surface area contributed by atoms with Crippen molar-refractivity contribution in [3.63, 3.8) is 0 Å². The van der Waals surface area contributed by atoms with Gasteiger partial charge in [0.15, 0.2) is 5.92 Å². The van der Waals surface area contributed by atoms with E-state index in [-0.39, 0.29) is 57.0 Å². The van der Waals surface area contributed by atoms with Gasteiger partial charge in [-0.2, -0.15) is 26.3 Å². The van der Waals surface area contributed by atoms with Crippen molar-refractivity contribution < 1.29 is 45.5 Å². The van der Waals surface area contributed by atoms with E-state index in [0.717, 1.165) is 9.80 Å². The van der Waals surface area contributed by atoms with Gasteiger partial charge < -0.3 is 19.3 Å². The lowest BCUT2D eigenvalue weighted by Crippen LogP contribution is -2.62. The molecule has 1 saturated carbocycles. The fourth-order valence-corrected chi connectivity index (χ4v) is 5.29. The smallest absolute Gasteiger partial charge is 0.407 e. The molecule has 4 rings (SSSR count). The highest BCUT2D eigenvalue weighted by atomic mass is 19.4. The highest BCUT2D eigenvalue weighted by Gasteiger charge is 2.69. The van der Waals surface area contributed by atoms with E-state index in [1.165, 1.54) is 6.92 Å². The predicted molar refractivity (Wildman–Crippen MR) is 97.0 cm³/mol. The first-order valence-corrected chi connectivity index (χ1v) is 10.5. The van der Waals surface area contributed by atoms with Crippen molar-refractivity contribution in [1.82, 2.24) is 20.0 Å². The van der Waals surface area contributed by atoms with Gasteiger partial charge in [-0.25, -0.2) is 4.79 Å². The summed E-state index contributed by atoms with van der Waals surface area (Å²) in [6.07, 6.45) is -12.8. The van der Waals surface area contributed by atoms with Gasteiger partial charge >= 0.3 is 18.4 Å². The second-order valence-electron chi connectivity index (χ2n) is 9.04. The van der Waals surface area contributed by atoms with Crippen molar-refractivity contribution in [3.8, 4) is 0 Å². The van der Waals surface area contributed by atoms with Crippen molar-refractivity contribution in [2.75, 3.05) is 13.1 Å². The molecule has 0 radical (unpaired) electrons. The second kappa shape index (κ2) is 7.49. The summed E-state index contributed by atoms with van der Waals surface area (Å²) in [6, 6.07) is -2.16. The van der Waals surface area contributed by atoms with Crippen LogP contribution in [0, 0.1) is 12.8 Å². The van der Waals surface area contributed by atoms with Gasteiger partial charge in [0.25, 0.3) is 0 Å². The first-order valence-electron chi connectivity index (χ1n) is 10.5. The number of carboxylic acid groups (broad SMARTS) is 1. The van der Waals surface area contributed by atoms with Gasteiger partial charge in [0, 0.05) is 25.6 Å². The number of carbonyl (C=O) groups excluding carboxylic acids is 1. The molecule has 8 nitrogen and oxygen atoms in total. The summed E-state index contributed by atoms with van der Waals surface area (Å²) in [5.41, 5.74) is -2.77. The molecule has 3 fully saturated rings. The van der Waals surface area contributed by atoms with Crippen LogP contribution < -0.4 is 0 Å². The SMILES string of the molecule is Cc1nnc(C2(C(=O)N3C(C(C(F)(F)F)C(F)(F)F)CCC34CCN(C(=O)O)CC4)CC2)o1. The number of likely N-dealkylation sites (tertiary alicyclic amines) is 2. The van der Waals surface area contributed by atoms with E-state index in [1.54, 1.807) is 0 Å². The zero-order chi connectivity index (χ0) is 24.4. The number of nitrogens with zero attached hydrogens (tertiary/aromatic N) is 4. The molecule has 2 saturated heterocycles. The van der Waals surface area contributed by atoms with Crippen LogP contribution in [0.1, 0.15) is 50.3 Å². The Bertz CT molecular complexity index is 919. The third kappa shape index (κ3) is 3.90. The molecule has 14 heteroatoms. The summed E-state index contributed by atoms with van der Waals surface area (Å²) >= 11 is 0. The van der Waals surface area contributed by atoms with Crippen LogP contribution in [0.25, 0.3) is 0 Å². The molecule has 1 atom stereocenters. The average molecular weight is 484 g/mol. The summed E-state index contributed by atoms with van der Waals surface area (Å²) in [6.45, 7) is 1.27. The van der Waals surface area contributed by atoms with Crippen LogP contribution in [0.15, 0.2) is 4.42 Å². The summed E-state index contributed by atoms with van der Waals surface area (Å²) in [5.74, 6) is -4.61. The van der Waals surface area contributed by atoms with Crippen molar-refractivity contribution in [2.45, 2.75) is 74.8 Å². The van der Waals surface area contributed by atoms with Crippen LogP contribution in [-0.2, 0) is 10.2 Å². The lowest BCUT2D eigenvalue weighted by atomic mass is 9.84. The highest BCUT2D eigenvalue weighted by molar-refractivity contribution is 5.91. The Morgan fingerprint density at radius 3 is 2.03 bits per heavy atom. The number of piperidine rings is 1. The molecule has 3 aliphatic rings. The van der Waals surface area contributed by atoms with E-state index in [2.05, 4.69) is 10.2 Å². The van der Waals surface area contributed by atoms with E-state index in [1.807, 2.05) is 0 Å². The van der Waals surface area contributed by atoms with Gasteiger partial charge in [0.1, 0.15) is 5.41 Å². The molecule has 1 unspecified atom stereocenters. The maximum absolute atomic E-state index is 13.7. The van der Waals surface area contributed by atoms with Crippen LogP contribution in [-0.4, -0.2) is 74.1 Å². The van der Waals surface area contributed by atoms with E-state index in [4.69, 9.17) is 4.42 Å². The summed E-state index contributed by atoms with van der Waals surface area (Å²) in [7, 11) is 0. The topological polar surface area (TPSA) is 99.8 Å². The number of carbonyl (C=O) groups is 2. The number of halogens is 6. The summed E-state index contributed by atoms with van der Waals surface area (Å²) < 4.78 is 87.4. The van der Waals surface area contributed by atoms with Crippen LogP contribution in [0.4, 0.5) is 31.1 Å². The van der Waals surface area contributed by atoms with Crippen molar-refractivity contribution in [1.29, 1.82) is 0 Å². The first kappa shape index (κ1) is 23.6. The molecule has 0 aromatic carbocycles. The third-order valence-corrected chi connectivity index (χ3v) is 7.12. The Kier molecular flexibility index (Phi) is 5.36. The molecule has 1 aliphatic carbocycles. The molecule has 3 heterocycles.